The third kappa shape index (κ3) is 5.71. The average Bonchev–Trinajstić information content (AvgIpc) is 3.04. The van der Waals surface area contributed by atoms with Gasteiger partial charge in [0.1, 0.15) is 0 Å². The van der Waals surface area contributed by atoms with Gasteiger partial charge in [-0.3, -0.25) is 10.2 Å². The van der Waals surface area contributed by atoms with Crippen LogP contribution in [0.5, 0.6) is 0 Å². The number of nitrogens with one attached hydrogen (secondary N) is 4. The van der Waals surface area contributed by atoms with Gasteiger partial charge in [0.25, 0.3) is 10.0 Å². The Hall–Kier alpha value is -1.75. The third-order valence-electron chi connectivity index (χ3n) is 3.30. The first-order chi connectivity index (χ1) is 11.4. The van der Waals surface area contributed by atoms with Crippen molar-refractivity contribution in [3.05, 3.63) is 24.3 Å². The number of anilines is 1. The largest absolute Gasteiger partial charge is 0.376 e. The van der Waals surface area contributed by atoms with Gasteiger partial charge >= 0.3 is 0 Å². The summed E-state index contributed by atoms with van der Waals surface area (Å²) in [6.07, 6.45) is 2.08. The molecule has 4 N–H and O–H groups in total. The third-order valence-corrected chi connectivity index (χ3v) is 4.81. The standard InChI is InChI=1S/C14H20N4O4S2/c1-10(19)16-11-4-6-13(7-5-11)24(20,21)18-17-14(23)15-9-12-3-2-8-22-12/h4-7,12,18H,2-3,8-9H2,1H3,(H,16,19)(H2,15,17,23)/t12-/m1/s1. The molecule has 1 amide bonds. The summed E-state index contributed by atoms with van der Waals surface area (Å²) < 4.78 is 29.8. The van der Waals surface area contributed by atoms with Crippen LogP contribution in [0, 0.1) is 0 Å². The second-order valence-electron chi connectivity index (χ2n) is 5.28. The van der Waals surface area contributed by atoms with E-state index >= 15 is 0 Å². The summed E-state index contributed by atoms with van der Waals surface area (Å²) in [5.41, 5.74) is 2.97. The van der Waals surface area contributed by atoms with Crippen molar-refractivity contribution in [3.63, 3.8) is 0 Å². The highest BCUT2D eigenvalue weighted by Crippen LogP contribution is 2.13. The highest BCUT2D eigenvalue weighted by Gasteiger charge is 2.17. The van der Waals surface area contributed by atoms with E-state index < -0.39 is 10.0 Å². The van der Waals surface area contributed by atoms with Gasteiger partial charge < -0.3 is 15.4 Å². The summed E-state index contributed by atoms with van der Waals surface area (Å²) in [7, 11) is -3.77. The van der Waals surface area contributed by atoms with Crippen molar-refractivity contribution in [3.8, 4) is 0 Å². The summed E-state index contributed by atoms with van der Waals surface area (Å²) in [6, 6.07) is 5.78. The number of carbonyl (C=O) groups is 1. The van der Waals surface area contributed by atoms with E-state index in [2.05, 4.69) is 20.9 Å². The lowest BCUT2D eigenvalue weighted by Gasteiger charge is -2.14. The normalized spacial score (nSPS) is 17.3. The number of benzene rings is 1. The van der Waals surface area contributed by atoms with Gasteiger partial charge in [-0.2, -0.15) is 0 Å². The van der Waals surface area contributed by atoms with Crippen LogP contribution >= 0.6 is 12.2 Å². The van der Waals surface area contributed by atoms with E-state index in [1.165, 1.54) is 31.2 Å². The zero-order chi connectivity index (χ0) is 17.6. The van der Waals surface area contributed by atoms with E-state index in [4.69, 9.17) is 17.0 Å². The number of rotatable bonds is 6. The molecule has 0 radical (unpaired) electrons. The van der Waals surface area contributed by atoms with Gasteiger partial charge in [-0.25, -0.2) is 8.42 Å². The summed E-state index contributed by atoms with van der Waals surface area (Å²) in [6.45, 7) is 2.65. The van der Waals surface area contributed by atoms with Gasteiger partial charge in [-0.1, -0.05) is 0 Å². The first-order valence-electron chi connectivity index (χ1n) is 7.42. The Bertz CT molecular complexity index is 685. The molecule has 1 aliphatic heterocycles. The molecule has 0 bridgehead atoms. The van der Waals surface area contributed by atoms with Crippen LogP contribution in [0.25, 0.3) is 0 Å². The minimum absolute atomic E-state index is 0.0472. The van der Waals surface area contributed by atoms with Crippen LogP contribution in [-0.4, -0.2) is 38.7 Å². The number of hydrazine groups is 1. The molecule has 0 spiro atoms. The Labute approximate surface area is 146 Å². The monoisotopic (exact) mass is 372 g/mol. The van der Waals surface area contributed by atoms with Crippen molar-refractivity contribution in [2.75, 3.05) is 18.5 Å². The summed E-state index contributed by atoms with van der Waals surface area (Å²) in [4.78, 5) is 13.2. The molecule has 1 aromatic rings. The van der Waals surface area contributed by atoms with E-state index in [0.29, 0.717) is 12.2 Å². The number of hydrogen-bond donors (Lipinski definition) is 4. The summed E-state index contributed by atoms with van der Waals surface area (Å²) in [5.74, 6) is -0.229. The molecule has 1 fully saturated rings. The molecule has 1 aromatic carbocycles. The van der Waals surface area contributed by atoms with E-state index in [-0.39, 0.29) is 22.0 Å². The zero-order valence-corrected chi connectivity index (χ0v) is 14.8. The summed E-state index contributed by atoms with van der Waals surface area (Å²) in [5, 5.41) is 5.64. The molecule has 1 heterocycles. The van der Waals surface area contributed by atoms with Crippen LogP contribution in [0.1, 0.15) is 19.8 Å². The quantitative estimate of drug-likeness (QED) is 0.425. The zero-order valence-electron chi connectivity index (χ0n) is 13.2. The first-order valence-corrected chi connectivity index (χ1v) is 9.31. The fourth-order valence-corrected chi connectivity index (χ4v) is 3.20. The van der Waals surface area contributed by atoms with E-state index in [0.717, 1.165) is 19.4 Å². The molecule has 8 nitrogen and oxygen atoms in total. The lowest BCUT2D eigenvalue weighted by molar-refractivity contribution is -0.114. The van der Waals surface area contributed by atoms with Crippen molar-refractivity contribution in [2.45, 2.75) is 30.8 Å². The topological polar surface area (TPSA) is 109 Å². The number of sulfonamides is 1. The van der Waals surface area contributed by atoms with Gasteiger partial charge in [0.2, 0.25) is 5.91 Å². The number of thiocarbonyl (C=S) groups is 1. The molecule has 1 atom stereocenters. The van der Waals surface area contributed by atoms with Crippen molar-refractivity contribution >= 4 is 38.9 Å². The van der Waals surface area contributed by atoms with Crippen molar-refractivity contribution < 1.29 is 17.9 Å². The van der Waals surface area contributed by atoms with Gasteiger partial charge in [0.15, 0.2) is 5.11 Å². The second-order valence-corrected chi connectivity index (χ2v) is 7.37. The van der Waals surface area contributed by atoms with E-state index in [9.17, 15) is 13.2 Å². The van der Waals surface area contributed by atoms with Crippen LogP contribution in [-0.2, 0) is 19.6 Å². The maximum absolute atomic E-state index is 12.2. The molecule has 0 aliphatic carbocycles. The van der Waals surface area contributed by atoms with Crippen molar-refractivity contribution in [2.24, 2.45) is 0 Å². The number of hydrogen-bond acceptors (Lipinski definition) is 5. The van der Waals surface area contributed by atoms with Gasteiger partial charge in [0.05, 0.1) is 11.0 Å². The SMILES string of the molecule is CC(=O)Nc1ccc(S(=O)(=O)NNC(=S)NC[C@H]2CCCO2)cc1. The van der Waals surface area contributed by atoms with Crippen LogP contribution in [0.4, 0.5) is 5.69 Å². The molecule has 132 valence electrons. The Morgan fingerprint density at radius 2 is 2.04 bits per heavy atom. The Balaban J connectivity index is 1.83. The molecular formula is C14H20N4O4S2. The van der Waals surface area contributed by atoms with Gasteiger partial charge in [-0.15, -0.1) is 4.83 Å². The van der Waals surface area contributed by atoms with Crippen LogP contribution in [0.2, 0.25) is 0 Å². The predicted octanol–water partition coefficient (Wildman–Crippen LogP) is 0.481. The molecule has 1 saturated heterocycles. The molecule has 0 aromatic heterocycles. The fraction of sp³-hybridized carbons (Fsp3) is 0.429. The summed E-state index contributed by atoms with van der Waals surface area (Å²) >= 11 is 5.02. The fourth-order valence-electron chi connectivity index (χ4n) is 2.15. The average molecular weight is 372 g/mol. The molecule has 0 unspecified atom stereocenters. The second kappa shape index (κ2) is 8.38. The maximum Gasteiger partial charge on any atom is 0.257 e. The first kappa shape index (κ1) is 18.6. The molecule has 0 saturated carbocycles. The number of carbonyl (C=O) groups excluding carboxylic acids is 1. The Morgan fingerprint density at radius 3 is 2.62 bits per heavy atom. The molecule has 1 aliphatic rings. The molecule has 24 heavy (non-hydrogen) atoms. The van der Waals surface area contributed by atoms with Gasteiger partial charge in [0, 0.05) is 25.8 Å². The number of amides is 1. The highest BCUT2D eigenvalue weighted by molar-refractivity contribution is 7.89. The van der Waals surface area contributed by atoms with Crippen LogP contribution < -0.4 is 20.9 Å². The van der Waals surface area contributed by atoms with Crippen molar-refractivity contribution in [1.82, 2.24) is 15.6 Å². The Morgan fingerprint density at radius 1 is 1.33 bits per heavy atom. The molecule has 2 rings (SSSR count). The lowest BCUT2D eigenvalue weighted by atomic mass is 10.2. The highest BCUT2D eigenvalue weighted by atomic mass is 32.2. The molecule has 10 heteroatoms. The number of ether oxygens (including phenoxy) is 1. The molecular weight excluding hydrogens is 352 g/mol. The van der Waals surface area contributed by atoms with Gasteiger partial charge in [-0.05, 0) is 49.3 Å². The van der Waals surface area contributed by atoms with Crippen molar-refractivity contribution in [1.29, 1.82) is 0 Å². The maximum atomic E-state index is 12.2. The van der Waals surface area contributed by atoms with E-state index in [1.807, 2.05) is 0 Å². The smallest absolute Gasteiger partial charge is 0.257 e. The van der Waals surface area contributed by atoms with Crippen LogP contribution in [0.3, 0.4) is 0 Å². The van der Waals surface area contributed by atoms with E-state index in [1.54, 1.807) is 0 Å². The minimum atomic E-state index is -3.77. The van der Waals surface area contributed by atoms with Crippen LogP contribution in [0.15, 0.2) is 29.2 Å². The lowest BCUT2D eigenvalue weighted by Crippen LogP contribution is -2.48. The predicted molar refractivity (Wildman–Crippen MR) is 93.8 cm³/mol. The minimum Gasteiger partial charge on any atom is -0.376 e. The Kier molecular flexibility index (Phi) is 6.49.